The van der Waals surface area contributed by atoms with E-state index >= 15 is 0 Å². The standard InChI is InChI=1S/C11H18F2N2O2/c1-2-3-15(8-5-14-6-8)7-9-4-11(12,13)10(16)17-9/h8-9,14H,2-7H2,1H3. The van der Waals surface area contributed by atoms with Crippen LogP contribution in [0.25, 0.3) is 0 Å². The molecule has 2 fully saturated rings. The van der Waals surface area contributed by atoms with Crippen LogP contribution in [-0.4, -0.2) is 55.1 Å². The molecule has 1 atom stereocenters. The van der Waals surface area contributed by atoms with Gasteiger partial charge in [0.05, 0.1) is 6.42 Å². The second-order valence-electron chi connectivity index (χ2n) is 4.74. The maximum Gasteiger partial charge on any atom is 0.377 e. The monoisotopic (exact) mass is 248 g/mol. The summed E-state index contributed by atoms with van der Waals surface area (Å²) in [4.78, 5) is 13.0. The molecule has 1 unspecified atom stereocenters. The van der Waals surface area contributed by atoms with Crippen LogP contribution in [-0.2, 0) is 9.53 Å². The molecule has 2 aliphatic rings. The highest BCUT2D eigenvalue weighted by Crippen LogP contribution is 2.31. The van der Waals surface area contributed by atoms with Crippen LogP contribution in [0.2, 0.25) is 0 Å². The van der Waals surface area contributed by atoms with E-state index in [-0.39, 0.29) is 0 Å². The van der Waals surface area contributed by atoms with E-state index in [2.05, 4.69) is 10.2 Å². The van der Waals surface area contributed by atoms with Gasteiger partial charge in [-0.3, -0.25) is 4.90 Å². The molecular formula is C11H18F2N2O2. The van der Waals surface area contributed by atoms with Crippen molar-refractivity contribution in [2.45, 2.75) is 37.8 Å². The van der Waals surface area contributed by atoms with Gasteiger partial charge in [0, 0.05) is 25.7 Å². The van der Waals surface area contributed by atoms with Crippen LogP contribution in [0.5, 0.6) is 0 Å². The zero-order valence-corrected chi connectivity index (χ0v) is 9.92. The summed E-state index contributed by atoms with van der Waals surface area (Å²) >= 11 is 0. The summed E-state index contributed by atoms with van der Waals surface area (Å²) in [5.41, 5.74) is 0. The minimum atomic E-state index is -3.29. The summed E-state index contributed by atoms with van der Waals surface area (Å²) in [6.45, 7) is 5.09. The Bertz CT molecular complexity index is 295. The van der Waals surface area contributed by atoms with Gasteiger partial charge in [-0.1, -0.05) is 6.92 Å². The van der Waals surface area contributed by atoms with Crippen LogP contribution in [0.15, 0.2) is 0 Å². The third kappa shape index (κ3) is 2.74. The Hall–Kier alpha value is -0.750. The number of alkyl halides is 2. The fourth-order valence-corrected chi connectivity index (χ4v) is 2.25. The van der Waals surface area contributed by atoms with Crippen LogP contribution < -0.4 is 5.32 Å². The number of hydrogen-bond acceptors (Lipinski definition) is 4. The van der Waals surface area contributed by atoms with Crippen molar-refractivity contribution in [2.24, 2.45) is 0 Å². The van der Waals surface area contributed by atoms with Crippen LogP contribution in [0.4, 0.5) is 8.78 Å². The van der Waals surface area contributed by atoms with Crippen molar-refractivity contribution in [2.75, 3.05) is 26.2 Å². The number of carbonyl (C=O) groups excluding carboxylic acids is 1. The van der Waals surface area contributed by atoms with Crippen molar-refractivity contribution < 1.29 is 18.3 Å². The van der Waals surface area contributed by atoms with E-state index in [0.717, 1.165) is 26.1 Å². The lowest BCUT2D eigenvalue weighted by Gasteiger charge is -2.39. The summed E-state index contributed by atoms with van der Waals surface area (Å²) in [5.74, 6) is -4.66. The molecule has 0 aromatic rings. The number of nitrogens with one attached hydrogen (secondary N) is 1. The molecule has 4 nitrogen and oxygen atoms in total. The summed E-state index contributed by atoms with van der Waals surface area (Å²) < 4.78 is 30.8. The quantitative estimate of drug-likeness (QED) is 0.724. The van der Waals surface area contributed by atoms with Gasteiger partial charge in [-0.15, -0.1) is 0 Å². The minimum Gasteiger partial charge on any atom is -0.456 e. The number of nitrogens with zero attached hydrogens (tertiary/aromatic N) is 1. The average Bonchev–Trinajstić information content (AvgIpc) is 2.37. The number of carbonyl (C=O) groups is 1. The summed E-state index contributed by atoms with van der Waals surface area (Å²) in [7, 11) is 0. The number of ether oxygens (including phenoxy) is 1. The summed E-state index contributed by atoms with van der Waals surface area (Å²) in [5, 5.41) is 3.15. The average molecular weight is 248 g/mol. The first-order valence-corrected chi connectivity index (χ1v) is 6.06. The van der Waals surface area contributed by atoms with Crippen molar-refractivity contribution >= 4 is 5.97 Å². The van der Waals surface area contributed by atoms with E-state index in [1.165, 1.54) is 0 Å². The zero-order chi connectivity index (χ0) is 12.5. The van der Waals surface area contributed by atoms with E-state index in [0.29, 0.717) is 12.6 Å². The molecule has 2 saturated heterocycles. The Morgan fingerprint density at radius 1 is 1.53 bits per heavy atom. The Balaban J connectivity index is 1.88. The van der Waals surface area contributed by atoms with Gasteiger partial charge in [0.25, 0.3) is 0 Å². The number of esters is 1. The maximum atomic E-state index is 13.0. The Morgan fingerprint density at radius 3 is 2.65 bits per heavy atom. The Morgan fingerprint density at radius 2 is 2.24 bits per heavy atom. The SMILES string of the molecule is CCCN(CC1CC(F)(F)C(=O)O1)C1CNC1. The lowest BCUT2D eigenvalue weighted by Crippen LogP contribution is -2.58. The van der Waals surface area contributed by atoms with Crippen molar-refractivity contribution in [3.8, 4) is 0 Å². The first kappa shape index (κ1) is 12.7. The smallest absolute Gasteiger partial charge is 0.377 e. The molecule has 1 N–H and O–H groups in total. The predicted octanol–water partition coefficient (Wildman–Crippen LogP) is 0.621. The van der Waals surface area contributed by atoms with E-state index in [4.69, 9.17) is 4.74 Å². The second-order valence-corrected chi connectivity index (χ2v) is 4.74. The lowest BCUT2D eigenvalue weighted by atomic mass is 10.1. The lowest BCUT2D eigenvalue weighted by molar-refractivity contribution is -0.159. The van der Waals surface area contributed by atoms with E-state index in [9.17, 15) is 13.6 Å². The maximum absolute atomic E-state index is 13.0. The molecule has 0 spiro atoms. The van der Waals surface area contributed by atoms with Crippen LogP contribution in [0.3, 0.4) is 0 Å². The third-order valence-corrected chi connectivity index (χ3v) is 3.28. The molecule has 98 valence electrons. The number of cyclic esters (lactones) is 1. The van der Waals surface area contributed by atoms with Gasteiger partial charge in [-0.2, -0.15) is 8.78 Å². The molecule has 0 radical (unpaired) electrons. The number of halogens is 2. The fourth-order valence-electron chi connectivity index (χ4n) is 2.25. The molecule has 0 aliphatic carbocycles. The van der Waals surface area contributed by atoms with Crippen molar-refractivity contribution in [1.82, 2.24) is 10.2 Å². The van der Waals surface area contributed by atoms with Crippen molar-refractivity contribution in [3.05, 3.63) is 0 Å². The van der Waals surface area contributed by atoms with E-state index in [1.807, 2.05) is 6.92 Å². The largest absolute Gasteiger partial charge is 0.456 e. The van der Waals surface area contributed by atoms with E-state index in [1.54, 1.807) is 0 Å². The Kier molecular flexibility index (Phi) is 3.63. The molecule has 0 bridgehead atoms. The van der Waals surface area contributed by atoms with Crippen LogP contribution in [0, 0.1) is 0 Å². The third-order valence-electron chi connectivity index (χ3n) is 3.28. The number of hydrogen-bond donors (Lipinski definition) is 1. The zero-order valence-electron chi connectivity index (χ0n) is 9.92. The number of rotatable bonds is 5. The molecule has 0 aromatic carbocycles. The van der Waals surface area contributed by atoms with Crippen LogP contribution in [0.1, 0.15) is 19.8 Å². The molecule has 2 aliphatic heterocycles. The molecule has 17 heavy (non-hydrogen) atoms. The molecule has 2 heterocycles. The molecule has 0 saturated carbocycles. The minimum absolute atomic E-state index is 0.392. The summed E-state index contributed by atoms with van der Waals surface area (Å²) in [6, 6.07) is 0.392. The predicted molar refractivity (Wildman–Crippen MR) is 58.0 cm³/mol. The van der Waals surface area contributed by atoms with E-state index < -0.39 is 24.4 Å². The van der Waals surface area contributed by atoms with Crippen molar-refractivity contribution in [1.29, 1.82) is 0 Å². The van der Waals surface area contributed by atoms with Gasteiger partial charge in [-0.25, -0.2) is 4.79 Å². The van der Waals surface area contributed by atoms with Gasteiger partial charge in [0.15, 0.2) is 0 Å². The van der Waals surface area contributed by atoms with Gasteiger partial charge in [0.1, 0.15) is 6.10 Å². The molecular weight excluding hydrogens is 230 g/mol. The van der Waals surface area contributed by atoms with Gasteiger partial charge in [-0.05, 0) is 13.0 Å². The molecule has 0 aromatic heterocycles. The van der Waals surface area contributed by atoms with Gasteiger partial charge < -0.3 is 10.1 Å². The highest BCUT2D eigenvalue weighted by molar-refractivity contribution is 5.79. The normalized spacial score (nSPS) is 28.2. The van der Waals surface area contributed by atoms with Gasteiger partial charge in [0.2, 0.25) is 0 Å². The highest BCUT2D eigenvalue weighted by atomic mass is 19.3. The van der Waals surface area contributed by atoms with Crippen LogP contribution >= 0.6 is 0 Å². The topological polar surface area (TPSA) is 41.6 Å². The second kappa shape index (κ2) is 4.86. The van der Waals surface area contributed by atoms with Gasteiger partial charge >= 0.3 is 11.9 Å². The van der Waals surface area contributed by atoms with Crippen molar-refractivity contribution in [3.63, 3.8) is 0 Å². The first-order chi connectivity index (χ1) is 8.03. The summed E-state index contributed by atoms with van der Waals surface area (Å²) in [6.07, 6.45) is -0.176. The first-order valence-electron chi connectivity index (χ1n) is 6.06. The fraction of sp³-hybridized carbons (Fsp3) is 0.909. The highest BCUT2D eigenvalue weighted by Gasteiger charge is 2.51. The molecule has 6 heteroatoms. The molecule has 0 amide bonds. The molecule has 2 rings (SSSR count). The Labute approximate surface area is 99.3 Å².